The van der Waals surface area contributed by atoms with E-state index in [9.17, 15) is 18.0 Å². The van der Waals surface area contributed by atoms with Crippen LogP contribution < -0.4 is 0 Å². The van der Waals surface area contributed by atoms with Crippen LogP contribution in [0.1, 0.15) is 34.0 Å². The first-order chi connectivity index (χ1) is 13.8. The quantitative estimate of drug-likeness (QED) is 0.405. The number of Topliss-reactive ketones (excluding diaryl/α,β-unsaturated/α-hetero) is 1. The van der Waals surface area contributed by atoms with Gasteiger partial charge in [-0.25, -0.2) is 0 Å². The van der Waals surface area contributed by atoms with Crippen molar-refractivity contribution in [1.29, 1.82) is 0 Å². The number of hydrogen-bond acceptors (Lipinski definition) is 3. The molecular weight excluding hydrogens is 492 g/mol. The monoisotopic (exact) mass is 516 g/mol. The summed E-state index contributed by atoms with van der Waals surface area (Å²) in [6.07, 6.45) is -4.49. The molecule has 0 N–H and O–H groups in total. The fourth-order valence-corrected chi connectivity index (χ4v) is 4.13. The standard InChI is InChI=1S/C22H24F3IN2O/c1-2-27-8-10-28(11-9-27)15-18-7-6-16(12-20(18)22(23,24)25)13-21(29)17-4-3-5-19(26)14-17/h3-7,12,14H,2,8-11,13,15H2,1H3. The first-order valence-electron chi connectivity index (χ1n) is 9.68. The van der Waals surface area contributed by atoms with Gasteiger partial charge in [-0.3, -0.25) is 9.69 Å². The van der Waals surface area contributed by atoms with Crippen molar-refractivity contribution < 1.29 is 18.0 Å². The Hall–Kier alpha value is -1.45. The van der Waals surface area contributed by atoms with Gasteiger partial charge in [-0.15, -0.1) is 0 Å². The second kappa shape index (κ2) is 9.57. The second-order valence-electron chi connectivity index (χ2n) is 7.31. The summed E-state index contributed by atoms with van der Waals surface area (Å²) < 4.78 is 42.0. The molecule has 1 aliphatic rings. The number of piperazine rings is 1. The van der Waals surface area contributed by atoms with Crippen molar-refractivity contribution in [1.82, 2.24) is 9.80 Å². The summed E-state index contributed by atoms with van der Waals surface area (Å²) >= 11 is 2.11. The summed E-state index contributed by atoms with van der Waals surface area (Å²) in [5.41, 5.74) is 0.542. The number of rotatable bonds is 6. The lowest BCUT2D eigenvalue weighted by Gasteiger charge is -2.34. The zero-order valence-corrected chi connectivity index (χ0v) is 18.5. The SMILES string of the molecule is CCN1CCN(Cc2ccc(CC(=O)c3cccc(I)c3)cc2C(F)(F)F)CC1. The molecule has 0 spiro atoms. The van der Waals surface area contributed by atoms with E-state index in [1.165, 1.54) is 6.07 Å². The number of hydrogen-bond donors (Lipinski definition) is 0. The Labute approximate surface area is 183 Å². The zero-order valence-electron chi connectivity index (χ0n) is 16.3. The van der Waals surface area contributed by atoms with Gasteiger partial charge in [0.15, 0.2) is 5.78 Å². The van der Waals surface area contributed by atoms with Crippen LogP contribution in [0.25, 0.3) is 0 Å². The van der Waals surface area contributed by atoms with Crippen LogP contribution in [0.4, 0.5) is 13.2 Å². The summed E-state index contributed by atoms with van der Waals surface area (Å²) in [4.78, 5) is 16.8. The first kappa shape index (κ1) is 22.2. The van der Waals surface area contributed by atoms with Crippen LogP contribution in [0.3, 0.4) is 0 Å². The van der Waals surface area contributed by atoms with Crippen molar-refractivity contribution in [2.24, 2.45) is 0 Å². The number of carbonyl (C=O) groups excluding carboxylic acids is 1. The number of alkyl halides is 3. The number of halogens is 4. The summed E-state index contributed by atoms with van der Waals surface area (Å²) in [5, 5.41) is 0. The molecule has 0 aliphatic carbocycles. The molecule has 29 heavy (non-hydrogen) atoms. The van der Waals surface area contributed by atoms with Gasteiger partial charge in [0, 0.05) is 48.3 Å². The predicted molar refractivity (Wildman–Crippen MR) is 116 cm³/mol. The van der Waals surface area contributed by atoms with E-state index < -0.39 is 11.7 Å². The van der Waals surface area contributed by atoms with Crippen LogP contribution in [0.5, 0.6) is 0 Å². The average Bonchev–Trinajstić information content (AvgIpc) is 2.69. The van der Waals surface area contributed by atoms with Crippen LogP contribution >= 0.6 is 22.6 Å². The molecule has 0 atom stereocenters. The summed E-state index contributed by atoms with van der Waals surface area (Å²) in [6, 6.07) is 11.4. The van der Waals surface area contributed by atoms with Crippen LogP contribution in [-0.2, 0) is 19.1 Å². The van der Waals surface area contributed by atoms with Gasteiger partial charge < -0.3 is 4.90 Å². The van der Waals surface area contributed by atoms with Crippen molar-refractivity contribution in [2.75, 3.05) is 32.7 Å². The molecular formula is C22H24F3IN2O. The minimum absolute atomic E-state index is 0.0430. The molecule has 2 aromatic rings. The Bertz CT molecular complexity index is 861. The van der Waals surface area contributed by atoms with E-state index in [1.807, 2.05) is 6.07 Å². The zero-order chi connectivity index (χ0) is 21.0. The number of carbonyl (C=O) groups is 1. The molecule has 1 fully saturated rings. The molecule has 0 aromatic heterocycles. The van der Waals surface area contributed by atoms with E-state index in [-0.39, 0.29) is 24.3 Å². The fourth-order valence-electron chi connectivity index (χ4n) is 3.59. The molecule has 3 nitrogen and oxygen atoms in total. The second-order valence-corrected chi connectivity index (χ2v) is 8.56. The van der Waals surface area contributed by atoms with Crippen LogP contribution in [0.2, 0.25) is 0 Å². The van der Waals surface area contributed by atoms with Gasteiger partial charge in [-0.05, 0) is 58.5 Å². The third-order valence-electron chi connectivity index (χ3n) is 5.30. The molecule has 1 heterocycles. The van der Waals surface area contributed by atoms with Gasteiger partial charge in [-0.1, -0.05) is 31.2 Å². The number of benzene rings is 2. The van der Waals surface area contributed by atoms with Gasteiger partial charge in [0.25, 0.3) is 0 Å². The first-order valence-corrected chi connectivity index (χ1v) is 10.8. The molecule has 0 bridgehead atoms. The molecule has 0 amide bonds. The Morgan fingerprint density at radius 1 is 1.03 bits per heavy atom. The highest BCUT2D eigenvalue weighted by atomic mass is 127. The van der Waals surface area contributed by atoms with Gasteiger partial charge in [0.1, 0.15) is 0 Å². The summed E-state index contributed by atoms with van der Waals surface area (Å²) in [5.74, 6) is -0.180. The van der Waals surface area contributed by atoms with Gasteiger partial charge in [0.2, 0.25) is 0 Å². The lowest BCUT2D eigenvalue weighted by atomic mass is 9.97. The Kier molecular flexibility index (Phi) is 7.34. The summed E-state index contributed by atoms with van der Waals surface area (Å²) in [6.45, 7) is 6.60. The van der Waals surface area contributed by atoms with Crippen molar-refractivity contribution in [3.05, 3.63) is 68.3 Å². The van der Waals surface area contributed by atoms with Crippen LogP contribution in [0, 0.1) is 3.57 Å². The molecule has 0 unspecified atom stereocenters. The molecule has 7 heteroatoms. The van der Waals surface area contributed by atoms with E-state index in [2.05, 4.69) is 39.3 Å². The smallest absolute Gasteiger partial charge is 0.301 e. The van der Waals surface area contributed by atoms with Crippen molar-refractivity contribution in [3.8, 4) is 0 Å². The summed E-state index contributed by atoms with van der Waals surface area (Å²) in [7, 11) is 0. The third-order valence-corrected chi connectivity index (χ3v) is 5.97. The van der Waals surface area contributed by atoms with Crippen molar-refractivity contribution in [3.63, 3.8) is 0 Å². The van der Waals surface area contributed by atoms with Gasteiger partial charge in [0.05, 0.1) is 5.56 Å². The molecule has 0 saturated carbocycles. The maximum absolute atomic E-state index is 13.7. The third kappa shape index (κ3) is 6.02. The van der Waals surface area contributed by atoms with E-state index >= 15 is 0 Å². The van der Waals surface area contributed by atoms with Gasteiger partial charge in [-0.2, -0.15) is 13.2 Å². The largest absolute Gasteiger partial charge is 0.416 e. The lowest BCUT2D eigenvalue weighted by molar-refractivity contribution is -0.138. The van der Waals surface area contributed by atoms with E-state index in [4.69, 9.17) is 0 Å². The highest BCUT2D eigenvalue weighted by molar-refractivity contribution is 14.1. The molecule has 2 aromatic carbocycles. The maximum atomic E-state index is 13.7. The lowest BCUT2D eigenvalue weighted by Crippen LogP contribution is -2.45. The van der Waals surface area contributed by atoms with E-state index in [0.29, 0.717) is 11.1 Å². The normalized spacial score (nSPS) is 16.2. The van der Waals surface area contributed by atoms with E-state index in [1.54, 1.807) is 24.3 Å². The van der Waals surface area contributed by atoms with E-state index in [0.717, 1.165) is 42.4 Å². The highest BCUT2D eigenvalue weighted by Gasteiger charge is 2.34. The maximum Gasteiger partial charge on any atom is 0.416 e. The van der Waals surface area contributed by atoms with Crippen molar-refractivity contribution in [2.45, 2.75) is 26.1 Å². The molecule has 3 rings (SSSR count). The number of ketones is 1. The fraction of sp³-hybridized carbons (Fsp3) is 0.409. The molecule has 0 radical (unpaired) electrons. The minimum atomic E-state index is -4.44. The van der Waals surface area contributed by atoms with Crippen LogP contribution in [0.15, 0.2) is 42.5 Å². The Morgan fingerprint density at radius 2 is 1.72 bits per heavy atom. The molecule has 1 saturated heterocycles. The topological polar surface area (TPSA) is 23.6 Å². The highest BCUT2D eigenvalue weighted by Crippen LogP contribution is 2.33. The average molecular weight is 516 g/mol. The van der Waals surface area contributed by atoms with Crippen LogP contribution in [-0.4, -0.2) is 48.3 Å². The Morgan fingerprint density at radius 3 is 2.34 bits per heavy atom. The number of nitrogens with zero attached hydrogens (tertiary/aromatic N) is 2. The molecule has 1 aliphatic heterocycles. The van der Waals surface area contributed by atoms with Crippen molar-refractivity contribution >= 4 is 28.4 Å². The molecule has 156 valence electrons. The van der Waals surface area contributed by atoms with Gasteiger partial charge >= 0.3 is 6.18 Å². The minimum Gasteiger partial charge on any atom is -0.301 e. The Balaban J connectivity index is 1.76. The predicted octanol–water partition coefficient (Wildman–Crippen LogP) is 4.87. The number of likely N-dealkylation sites (N-methyl/N-ethyl adjacent to an activating group) is 1.